The molecule has 8 heteroatoms. The predicted octanol–water partition coefficient (Wildman–Crippen LogP) is 2.06. The molecule has 1 aliphatic rings. The van der Waals surface area contributed by atoms with Crippen molar-refractivity contribution in [1.29, 1.82) is 0 Å². The molecule has 2 heterocycles. The molecular formula is C16H26F3N5. The number of guanidine groups is 1. The van der Waals surface area contributed by atoms with Gasteiger partial charge in [-0.3, -0.25) is 4.90 Å². The number of aryl methyl sites for hydroxylation is 1. The minimum Gasteiger partial charge on any atom is -0.357 e. The first-order valence-corrected chi connectivity index (χ1v) is 8.26. The number of aromatic nitrogens is 1. The quantitative estimate of drug-likeness (QED) is 0.670. The van der Waals surface area contributed by atoms with Gasteiger partial charge in [0, 0.05) is 52.2 Å². The molecule has 5 nitrogen and oxygen atoms in total. The van der Waals surface area contributed by atoms with Crippen molar-refractivity contribution in [2.24, 2.45) is 12.0 Å². The van der Waals surface area contributed by atoms with Crippen LogP contribution in [0.15, 0.2) is 23.5 Å². The van der Waals surface area contributed by atoms with E-state index in [-0.39, 0.29) is 0 Å². The second-order valence-electron chi connectivity index (χ2n) is 6.10. The molecule has 2 rings (SSSR count). The molecule has 1 aliphatic heterocycles. The van der Waals surface area contributed by atoms with Gasteiger partial charge < -0.3 is 14.8 Å². The van der Waals surface area contributed by atoms with Gasteiger partial charge in [-0.1, -0.05) is 0 Å². The number of piperazine rings is 1. The van der Waals surface area contributed by atoms with E-state index >= 15 is 0 Å². The SMILES string of the molecule is CCNC(=NCc1ccn(C)c1)N1CCN(C(C)C(F)(F)F)CC1. The zero-order valence-corrected chi connectivity index (χ0v) is 14.5. The molecule has 1 atom stereocenters. The molecule has 1 N–H and O–H groups in total. The molecule has 0 radical (unpaired) electrons. The van der Waals surface area contributed by atoms with E-state index in [1.165, 1.54) is 11.8 Å². The van der Waals surface area contributed by atoms with Crippen molar-refractivity contribution in [3.8, 4) is 0 Å². The van der Waals surface area contributed by atoms with Crippen molar-refractivity contribution >= 4 is 5.96 Å². The fourth-order valence-corrected chi connectivity index (χ4v) is 2.77. The van der Waals surface area contributed by atoms with Crippen LogP contribution in [0.4, 0.5) is 13.2 Å². The Kier molecular flexibility index (Phi) is 6.15. The Morgan fingerprint density at radius 2 is 1.96 bits per heavy atom. The maximum absolute atomic E-state index is 12.8. The molecule has 0 spiro atoms. The highest BCUT2D eigenvalue weighted by atomic mass is 19.4. The number of halogens is 3. The summed E-state index contributed by atoms with van der Waals surface area (Å²) in [7, 11) is 1.96. The van der Waals surface area contributed by atoms with Gasteiger partial charge in [-0.05, 0) is 25.5 Å². The van der Waals surface area contributed by atoms with Crippen LogP contribution in [-0.2, 0) is 13.6 Å². The number of aliphatic imine (C=N–C) groups is 1. The average molecular weight is 345 g/mol. The molecule has 136 valence electrons. The number of alkyl halides is 3. The van der Waals surface area contributed by atoms with Crippen LogP contribution in [0.5, 0.6) is 0 Å². The van der Waals surface area contributed by atoms with E-state index in [2.05, 4.69) is 10.3 Å². The Morgan fingerprint density at radius 3 is 2.46 bits per heavy atom. The highest BCUT2D eigenvalue weighted by molar-refractivity contribution is 5.80. The summed E-state index contributed by atoms with van der Waals surface area (Å²) in [6.07, 6.45) is -0.195. The molecule has 1 fully saturated rings. The van der Waals surface area contributed by atoms with Gasteiger partial charge in [-0.25, -0.2) is 4.99 Å². The first kappa shape index (κ1) is 18.6. The summed E-state index contributed by atoms with van der Waals surface area (Å²) in [5.41, 5.74) is 1.11. The third-order valence-corrected chi connectivity index (χ3v) is 4.27. The van der Waals surface area contributed by atoms with E-state index in [0.29, 0.717) is 32.7 Å². The van der Waals surface area contributed by atoms with Crippen molar-refractivity contribution in [2.45, 2.75) is 32.6 Å². The van der Waals surface area contributed by atoms with E-state index in [1.807, 2.05) is 41.9 Å². The molecule has 0 aliphatic carbocycles. The fraction of sp³-hybridized carbons (Fsp3) is 0.688. The van der Waals surface area contributed by atoms with Crippen LogP contribution in [0.2, 0.25) is 0 Å². The van der Waals surface area contributed by atoms with Crippen LogP contribution in [0, 0.1) is 0 Å². The minimum absolute atomic E-state index is 0.385. The number of hydrogen-bond donors (Lipinski definition) is 1. The predicted molar refractivity (Wildman–Crippen MR) is 88.9 cm³/mol. The lowest BCUT2D eigenvalue weighted by Gasteiger charge is -2.39. The Hall–Kier alpha value is -1.70. The molecule has 1 aromatic heterocycles. The topological polar surface area (TPSA) is 35.8 Å². The Balaban J connectivity index is 1.95. The molecule has 0 aromatic carbocycles. The van der Waals surface area contributed by atoms with Crippen molar-refractivity contribution in [2.75, 3.05) is 32.7 Å². The lowest BCUT2D eigenvalue weighted by Crippen LogP contribution is -2.56. The summed E-state index contributed by atoms with van der Waals surface area (Å²) in [6, 6.07) is 0.610. The summed E-state index contributed by atoms with van der Waals surface area (Å²) in [5, 5.41) is 3.23. The maximum atomic E-state index is 12.8. The molecular weight excluding hydrogens is 319 g/mol. The summed E-state index contributed by atoms with van der Waals surface area (Å²) in [4.78, 5) is 8.13. The first-order valence-electron chi connectivity index (χ1n) is 8.26. The highest BCUT2D eigenvalue weighted by Crippen LogP contribution is 2.25. The van der Waals surface area contributed by atoms with Crippen LogP contribution in [0.3, 0.4) is 0 Å². The van der Waals surface area contributed by atoms with E-state index in [4.69, 9.17) is 0 Å². The van der Waals surface area contributed by atoms with Crippen molar-refractivity contribution in [3.63, 3.8) is 0 Å². The minimum atomic E-state index is -4.17. The van der Waals surface area contributed by atoms with Gasteiger partial charge in [0.05, 0.1) is 6.54 Å². The summed E-state index contributed by atoms with van der Waals surface area (Å²) >= 11 is 0. The van der Waals surface area contributed by atoms with Gasteiger partial charge in [-0.15, -0.1) is 0 Å². The lowest BCUT2D eigenvalue weighted by atomic mass is 10.2. The molecule has 0 amide bonds. The van der Waals surface area contributed by atoms with Crippen molar-refractivity contribution in [1.82, 2.24) is 19.7 Å². The van der Waals surface area contributed by atoms with Crippen LogP contribution >= 0.6 is 0 Å². The second kappa shape index (κ2) is 7.92. The van der Waals surface area contributed by atoms with Gasteiger partial charge in [0.25, 0.3) is 0 Å². The Bertz CT molecular complexity index is 544. The number of nitrogens with zero attached hydrogens (tertiary/aromatic N) is 4. The number of hydrogen-bond acceptors (Lipinski definition) is 2. The van der Waals surface area contributed by atoms with Gasteiger partial charge >= 0.3 is 6.18 Å². The third kappa shape index (κ3) is 4.90. The maximum Gasteiger partial charge on any atom is 0.403 e. The standard InChI is InChI=1S/C16H26F3N5/c1-4-20-15(21-11-14-5-6-22(3)12-14)24-9-7-23(8-10-24)13(2)16(17,18)19/h5-6,12-13H,4,7-11H2,1-3H3,(H,20,21). The van der Waals surface area contributed by atoms with Gasteiger partial charge in [-0.2, -0.15) is 13.2 Å². The van der Waals surface area contributed by atoms with Crippen LogP contribution in [0.25, 0.3) is 0 Å². The lowest BCUT2D eigenvalue weighted by molar-refractivity contribution is -0.181. The van der Waals surface area contributed by atoms with E-state index in [9.17, 15) is 13.2 Å². The molecule has 1 saturated heterocycles. The van der Waals surface area contributed by atoms with Crippen molar-refractivity contribution < 1.29 is 13.2 Å². The summed E-state index contributed by atoms with van der Waals surface area (Å²) in [6.45, 7) is 6.36. The zero-order valence-electron chi connectivity index (χ0n) is 14.5. The number of nitrogens with one attached hydrogen (secondary N) is 1. The molecule has 24 heavy (non-hydrogen) atoms. The summed E-state index contributed by atoms with van der Waals surface area (Å²) in [5.74, 6) is 0.765. The Morgan fingerprint density at radius 1 is 1.29 bits per heavy atom. The van der Waals surface area contributed by atoms with Gasteiger partial charge in [0.1, 0.15) is 6.04 Å². The summed E-state index contributed by atoms with van der Waals surface area (Å²) < 4.78 is 40.4. The smallest absolute Gasteiger partial charge is 0.357 e. The van der Waals surface area contributed by atoms with Crippen LogP contribution in [-0.4, -0.2) is 65.3 Å². The highest BCUT2D eigenvalue weighted by Gasteiger charge is 2.41. The van der Waals surface area contributed by atoms with Gasteiger partial charge in [0.15, 0.2) is 5.96 Å². The second-order valence-corrected chi connectivity index (χ2v) is 6.10. The largest absolute Gasteiger partial charge is 0.403 e. The number of rotatable bonds is 4. The monoisotopic (exact) mass is 345 g/mol. The third-order valence-electron chi connectivity index (χ3n) is 4.27. The Labute approximate surface area is 141 Å². The van der Waals surface area contributed by atoms with Crippen molar-refractivity contribution in [3.05, 3.63) is 24.0 Å². The van der Waals surface area contributed by atoms with E-state index in [1.54, 1.807) is 0 Å². The normalized spacial score (nSPS) is 18.8. The molecule has 0 bridgehead atoms. The first-order chi connectivity index (χ1) is 11.3. The molecule has 0 saturated carbocycles. The van der Waals surface area contributed by atoms with Crippen LogP contribution < -0.4 is 5.32 Å². The van der Waals surface area contributed by atoms with E-state index in [0.717, 1.165) is 18.1 Å². The average Bonchev–Trinajstić information content (AvgIpc) is 2.95. The van der Waals surface area contributed by atoms with Crippen LogP contribution in [0.1, 0.15) is 19.4 Å². The molecule has 1 aromatic rings. The molecule has 1 unspecified atom stereocenters. The zero-order chi connectivity index (χ0) is 17.7. The fourth-order valence-electron chi connectivity index (χ4n) is 2.77. The van der Waals surface area contributed by atoms with E-state index < -0.39 is 12.2 Å². The van der Waals surface area contributed by atoms with Gasteiger partial charge in [0.2, 0.25) is 0 Å².